The summed E-state index contributed by atoms with van der Waals surface area (Å²) in [7, 11) is 0. The van der Waals surface area contributed by atoms with Gasteiger partial charge in [-0.15, -0.1) is 0 Å². The van der Waals surface area contributed by atoms with Crippen molar-refractivity contribution in [3.8, 4) is 0 Å². The maximum Gasteiger partial charge on any atom is 0.263 e. The third-order valence-corrected chi connectivity index (χ3v) is 2.43. The van der Waals surface area contributed by atoms with Crippen LogP contribution in [-0.4, -0.2) is 16.0 Å². The number of rotatable bonds is 2. The fourth-order valence-electron chi connectivity index (χ4n) is 0.697. The summed E-state index contributed by atoms with van der Waals surface area (Å²) in [4.78, 5) is 22.1. The number of ketones is 1. The van der Waals surface area contributed by atoms with Crippen LogP contribution in [0.25, 0.3) is 0 Å². The fraction of sp³-hybridized carbons (Fsp3) is 0.286. The lowest BCUT2D eigenvalue weighted by Crippen LogP contribution is -2.17. The zero-order valence-electron chi connectivity index (χ0n) is 6.42. The molecule has 12 heavy (non-hydrogen) atoms. The van der Waals surface area contributed by atoms with Crippen LogP contribution in [0.4, 0.5) is 0 Å². The van der Waals surface area contributed by atoms with E-state index in [0.717, 1.165) is 0 Å². The molecule has 0 aliphatic carbocycles. The van der Waals surface area contributed by atoms with Crippen molar-refractivity contribution in [1.29, 1.82) is 0 Å². The number of carbonyl (C=O) groups excluding carboxylic acids is 2. The Labute approximate surface area is 79.6 Å². The Hall–Kier alpha value is -0.680. The lowest BCUT2D eigenvalue weighted by atomic mass is 10.3. The average molecular weight is 201 g/mol. The minimum atomic E-state index is -0.203. The Morgan fingerprint density at radius 3 is 2.83 bits per heavy atom. The summed E-state index contributed by atoms with van der Waals surface area (Å²) in [5, 5.41) is 2.47. The Kier molecular flexibility index (Phi) is 2.99. The van der Waals surface area contributed by atoms with Crippen molar-refractivity contribution in [2.24, 2.45) is 0 Å². The van der Waals surface area contributed by atoms with Crippen LogP contribution in [0.5, 0.6) is 0 Å². The van der Waals surface area contributed by atoms with Crippen LogP contribution < -0.4 is 5.32 Å². The molecule has 0 saturated carbocycles. The highest BCUT2D eigenvalue weighted by Crippen LogP contribution is 2.23. The first-order chi connectivity index (χ1) is 5.59. The van der Waals surface area contributed by atoms with E-state index in [2.05, 4.69) is 5.32 Å². The summed E-state index contributed by atoms with van der Waals surface area (Å²) < 4.78 is 0.454. The number of allylic oxidation sites excluding steroid dienone is 1. The van der Waals surface area contributed by atoms with Gasteiger partial charge in [0.2, 0.25) is 0 Å². The van der Waals surface area contributed by atoms with E-state index in [1.165, 1.54) is 18.7 Å². The molecule has 1 saturated heterocycles. The van der Waals surface area contributed by atoms with E-state index in [0.29, 0.717) is 15.6 Å². The van der Waals surface area contributed by atoms with Crippen molar-refractivity contribution in [2.45, 2.75) is 13.3 Å². The Morgan fingerprint density at radius 1 is 1.75 bits per heavy atom. The predicted molar refractivity (Wildman–Crippen MR) is 51.7 cm³/mol. The number of thioether (sulfide) groups is 1. The summed E-state index contributed by atoms with van der Waals surface area (Å²) in [6.45, 7) is 1.48. The zero-order chi connectivity index (χ0) is 9.14. The standard InChI is InChI=1S/C7H7NO2S2/c1-4(9)2-3-5-6(10)8-7(11)12-5/h3H,2H2,1H3,(H,8,10,11)/b5-3+. The molecule has 0 aromatic carbocycles. The van der Waals surface area contributed by atoms with E-state index in [1.807, 2.05) is 0 Å². The van der Waals surface area contributed by atoms with E-state index < -0.39 is 0 Å². The van der Waals surface area contributed by atoms with Crippen molar-refractivity contribution in [3.05, 3.63) is 11.0 Å². The van der Waals surface area contributed by atoms with Gasteiger partial charge in [0.25, 0.3) is 5.91 Å². The molecule has 0 spiro atoms. The normalized spacial score (nSPS) is 19.9. The van der Waals surface area contributed by atoms with Crippen molar-refractivity contribution in [2.75, 3.05) is 0 Å². The molecule has 1 rings (SSSR count). The fourth-order valence-corrected chi connectivity index (χ4v) is 1.71. The summed E-state index contributed by atoms with van der Waals surface area (Å²) in [5.41, 5.74) is 0. The van der Waals surface area contributed by atoms with Crippen LogP contribution in [0.2, 0.25) is 0 Å². The van der Waals surface area contributed by atoms with Crippen LogP contribution in [0.15, 0.2) is 11.0 Å². The molecule has 5 heteroatoms. The minimum absolute atomic E-state index is 0.0359. The van der Waals surface area contributed by atoms with E-state index >= 15 is 0 Å². The SMILES string of the molecule is CC(=O)C/C=C1/SC(=S)NC1=O. The topological polar surface area (TPSA) is 46.2 Å². The molecule has 1 aliphatic rings. The molecule has 0 bridgehead atoms. The maximum absolute atomic E-state index is 11.0. The highest BCUT2D eigenvalue weighted by Gasteiger charge is 2.21. The van der Waals surface area contributed by atoms with Gasteiger partial charge in [0.05, 0.1) is 4.91 Å². The quantitative estimate of drug-likeness (QED) is 0.535. The minimum Gasteiger partial charge on any atom is -0.307 e. The first kappa shape index (κ1) is 9.41. The molecule has 1 heterocycles. The molecule has 1 amide bonds. The molecule has 64 valence electrons. The van der Waals surface area contributed by atoms with Gasteiger partial charge in [-0.3, -0.25) is 9.59 Å². The summed E-state index contributed by atoms with van der Waals surface area (Å²) >= 11 is 5.95. The van der Waals surface area contributed by atoms with Crippen LogP contribution >= 0.6 is 24.0 Å². The molecular formula is C7H7NO2S2. The first-order valence-corrected chi connectivity index (χ1v) is 4.55. The van der Waals surface area contributed by atoms with E-state index in [-0.39, 0.29) is 11.7 Å². The smallest absolute Gasteiger partial charge is 0.263 e. The van der Waals surface area contributed by atoms with Gasteiger partial charge in [0.15, 0.2) is 0 Å². The van der Waals surface area contributed by atoms with Gasteiger partial charge in [-0.2, -0.15) is 0 Å². The molecular weight excluding hydrogens is 194 g/mol. The van der Waals surface area contributed by atoms with Crippen LogP contribution in [-0.2, 0) is 9.59 Å². The van der Waals surface area contributed by atoms with Crippen molar-refractivity contribution in [1.82, 2.24) is 5.32 Å². The Balaban J connectivity index is 2.63. The molecule has 0 atom stereocenters. The highest BCUT2D eigenvalue weighted by atomic mass is 32.2. The van der Waals surface area contributed by atoms with Crippen molar-refractivity contribution in [3.63, 3.8) is 0 Å². The molecule has 1 N–H and O–H groups in total. The van der Waals surface area contributed by atoms with Gasteiger partial charge in [-0.1, -0.05) is 30.1 Å². The molecule has 1 aliphatic heterocycles. The average Bonchev–Trinajstić information content (AvgIpc) is 2.26. The second-order valence-electron chi connectivity index (χ2n) is 2.32. The van der Waals surface area contributed by atoms with Gasteiger partial charge >= 0.3 is 0 Å². The number of carbonyl (C=O) groups is 2. The summed E-state index contributed by atoms with van der Waals surface area (Å²) in [5.74, 6) is -0.167. The predicted octanol–water partition coefficient (Wildman–Crippen LogP) is 0.997. The second kappa shape index (κ2) is 3.82. The number of hydrogen-bond donors (Lipinski definition) is 1. The van der Waals surface area contributed by atoms with Crippen LogP contribution in [0, 0.1) is 0 Å². The maximum atomic E-state index is 11.0. The number of amides is 1. The van der Waals surface area contributed by atoms with Crippen molar-refractivity contribution >= 4 is 40.0 Å². The van der Waals surface area contributed by atoms with E-state index in [4.69, 9.17) is 12.2 Å². The Morgan fingerprint density at radius 2 is 2.42 bits per heavy atom. The number of Topliss-reactive ketones (excluding diaryl/α,β-unsaturated/α-hetero) is 1. The van der Waals surface area contributed by atoms with Gasteiger partial charge < -0.3 is 5.32 Å². The number of nitrogens with one attached hydrogen (secondary N) is 1. The van der Waals surface area contributed by atoms with E-state index in [1.54, 1.807) is 6.08 Å². The molecule has 0 aromatic rings. The van der Waals surface area contributed by atoms with Gasteiger partial charge in [-0.25, -0.2) is 0 Å². The van der Waals surface area contributed by atoms with Crippen molar-refractivity contribution < 1.29 is 9.59 Å². The Bertz CT molecular complexity index is 283. The summed E-state index contributed by atoms with van der Waals surface area (Å²) in [6.07, 6.45) is 1.89. The molecule has 0 radical (unpaired) electrons. The van der Waals surface area contributed by atoms with E-state index in [9.17, 15) is 9.59 Å². The second-order valence-corrected chi connectivity index (χ2v) is 4.04. The summed E-state index contributed by atoms with van der Waals surface area (Å²) in [6, 6.07) is 0. The lowest BCUT2D eigenvalue weighted by molar-refractivity contribution is -0.116. The van der Waals surface area contributed by atoms with Crippen LogP contribution in [0.3, 0.4) is 0 Å². The van der Waals surface area contributed by atoms with Gasteiger partial charge in [-0.05, 0) is 6.92 Å². The molecule has 1 fully saturated rings. The molecule has 0 aromatic heterocycles. The van der Waals surface area contributed by atoms with Gasteiger partial charge in [0, 0.05) is 6.42 Å². The number of hydrogen-bond acceptors (Lipinski definition) is 4. The number of thiocarbonyl (C=S) groups is 1. The lowest BCUT2D eigenvalue weighted by Gasteiger charge is -1.88. The zero-order valence-corrected chi connectivity index (χ0v) is 8.05. The third-order valence-electron chi connectivity index (χ3n) is 1.22. The van der Waals surface area contributed by atoms with Crippen LogP contribution in [0.1, 0.15) is 13.3 Å². The molecule has 0 unspecified atom stereocenters. The molecule has 3 nitrogen and oxygen atoms in total. The first-order valence-electron chi connectivity index (χ1n) is 3.32. The largest absolute Gasteiger partial charge is 0.307 e. The monoisotopic (exact) mass is 201 g/mol. The third kappa shape index (κ3) is 2.42. The van der Waals surface area contributed by atoms with Gasteiger partial charge in [0.1, 0.15) is 10.1 Å². The highest BCUT2D eigenvalue weighted by molar-refractivity contribution is 8.26.